The highest BCUT2D eigenvalue weighted by Crippen LogP contribution is 2.27. The number of primary amides is 1. The molecule has 0 bridgehead atoms. The van der Waals surface area contributed by atoms with E-state index in [1.165, 1.54) is 0 Å². The molecule has 0 atom stereocenters. The molecule has 5 heteroatoms. The Bertz CT molecular complexity index is 1030. The number of benzene rings is 2. The highest BCUT2D eigenvalue weighted by Gasteiger charge is 2.15. The number of hydrogen-bond donors (Lipinski definition) is 1. The van der Waals surface area contributed by atoms with Gasteiger partial charge in [-0.2, -0.15) is 0 Å². The summed E-state index contributed by atoms with van der Waals surface area (Å²) in [4.78, 5) is 17.9. The minimum atomic E-state index is -0.483. The van der Waals surface area contributed by atoms with Crippen molar-refractivity contribution in [2.24, 2.45) is 5.73 Å². The second-order valence-electron chi connectivity index (χ2n) is 6.06. The van der Waals surface area contributed by atoms with Crippen LogP contribution in [0.25, 0.3) is 16.5 Å². The maximum absolute atomic E-state index is 12.1. The van der Waals surface area contributed by atoms with Crippen LogP contribution in [-0.4, -0.2) is 15.6 Å². The Morgan fingerprint density at radius 2 is 1.77 bits per heavy atom. The van der Waals surface area contributed by atoms with E-state index in [0.717, 1.165) is 27.7 Å². The lowest BCUT2D eigenvalue weighted by atomic mass is 10.1. The maximum Gasteiger partial charge on any atom is 0.319 e. The van der Waals surface area contributed by atoms with Gasteiger partial charge in [-0.25, -0.2) is 4.79 Å². The minimum Gasteiger partial charge on any atom is -0.351 e. The molecule has 4 rings (SSSR count). The molecular weight excluding hydrogens is 324 g/mol. The molecular formula is C21H18N4O. The van der Waals surface area contributed by atoms with Gasteiger partial charge in [-0.1, -0.05) is 24.3 Å². The molecule has 26 heavy (non-hydrogen) atoms. The number of anilines is 1. The highest BCUT2D eigenvalue weighted by atomic mass is 16.2. The SMILES string of the molecule is NC(=O)N(Cc1ccc(-n2cccc2)cc1)c1cccc2cnccc12. The van der Waals surface area contributed by atoms with Crippen molar-refractivity contribution in [1.29, 1.82) is 0 Å². The Kier molecular flexibility index (Phi) is 4.11. The summed E-state index contributed by atoms with van der Waals surface area (Å²) in [5.41, 5.74) is 8.54. The molecule has 0 radical (unpaired) electrons. The Hall–Kier alpha value is -3.60. The van der Waals surface area contributed by atoms with E-state index in [9.17, 15) is 4.79 Å². The molecule has 0 fully saturated rings. The molecule has 4 aromatic rings. The first-order valence-electron chi connectivity index (χ1n) is 8.34. The number of aromatic nitrogens is 2. The van der Waals surface area contributed by atoms with Crippen molar-refractivity contribution >= 4 is 22.5 Å². The fourth-order valence-corrected chi connectivity index (χ4v) is 3.09. The van der Waals surface area contributed by atoms with E-state index < -0.39 is 6.03 Å². The van der Waals surface area contributed by atoms with Gasteiger partial charge in [-0.3, -0.25) is 9.88 Å². The summed E-state index contributed by atoms with van der Waals surface area (Å²) in [6.07, 6.45) is 7.49. The van der Waals surface area contributed by atoms with Crippen LogP contribution in [0.1, 0.15) is 5.56 Å². The van der Waals surface area contributed by atoms with Crippen molar-refractivity contribution in [2.75, 3.05) is 4.90 Å². The predicted molar refractivity (Wildman–Crippen MR) is 103 cm³/mol. The van der Waals surface area contributed by atoms with Crippen LogP contribution in [-0.2, 0) is 6.54 Å². The average molecular weight is 342 g/mol. The number of rotatable bonds is 4. The van der Waals surface area contributed by atoms with E-state index >= 15 is 0 Å². The van der Waals surface area contributed by atoms with Crippen molar-refractivity contribution < 1.29 is 4.79 Å². The lowest BCUT2D eigenvalue weighted by Gasteiger charge is -2.22. The first-order valence-corrected chi connectivity index (χ1v) is 8.34. The highest BCUT2D eigenvalue weighted by molar-refractivity contribution is 6.02. The van der Waals surface area contributed by atoms with E-state index in [1.54, 1.807) is 17.3 Å². The van der Waals surface area contributed by atoms with E-state index in [-0.39, 0.29) is 0 Å². The molecule has 2 aromatic carbocycles. The lowest BCUT2D eigenvalue weighted by Crippen LogP contribution is -2.35. The van der Waals surface area contributed by atoms with Gasteiger partial charge in [0.05, 0.1) is 12.2 Å². The molecule has 0 spiro atoms. The van der Waals surface area contributed by atoms with E-state index in [4.69, 9.17) is 5.73 Å². The van der Waals surface area contributed by atoms with Crippen LogP contribution in [0.15, 0.2) is 85.5 Å². The predicted octanol–water partition coefficient (Wildman–Crippen LogP) is 4.11. The van der Waals surface area contributed by atoms with Crippen LogP contribution in [0.2, 0.25) is 0 Å². The quantitative estimate of drug-likeness (QED) is 0.606. The number of carbonyl (C=O) groups is 1. The van der Waals surface area contributed by atoms with Gasteiger partial charge in [0.15, 0.2) is 0 Å². The Balaban J connectivity index is 1.66. The van der Waals surface area contributed by atoms with E-state index in [1.807, 2.05) is 77.6 Å². The first-order chi connectivity index (χ1) is 12.7. The summed E-state index contributed by atoms with van der Waals surface area (Å²) in [5, 5.41) is 1.92. The summed E-state index contributed by atoms with van der Waals surface area (Å²) < 4.78 is 2.04. The standard InChI is InChI=1S/C21H18N4O/c22-21(26)25(20-5-3-4-17-14-23-11-10-19(17)20)15-16-6-8-18(9-7-16)24-12-1-2-13-24/h1-14H,15H2,(H2,22,26). The van der Waals surface area contributed by atoms with Gasteiger partial charge in [0.2, 0.25) is 0 Å². The number of carbonyl (C=O) groups excluding carboxylic acids is 1. The number of pyridine rings is 1. The zero-order valence-electron chi connectivity index (χ0n) is 14.1. The largest absolute Gasteiger partial charge is 0.351 e. The Morgan fingerprint density at radius 3 is 2.50 bits per heavy atom. The number of hydrogen-bond acceptors (Lipinski definition) is 2. The summed E-state index contributed by atoms with van der Waals surface area (Å²) in [6, 6.07) is 19.2. The van der Waals surface area contributed by atoms with Gasteiger partial charge in [0, 0.05) is 41.2 Å². The maximum atomic E-state index is 12.1. The molecule has 0 saturated heterocycles. The Morgan fingerprint density at radius 1 is 1.00 bits per heavy atom. The summed E-state index contributed by atoms with van der Waals surface area (Å²) in [6.45, 7) is 0.405. The van der Waals surface area contributed by atoms with E-state index in [0.29, 0.717) is 6.54 Å². The van der Waals surface area contributed by atoms with Crippen molar-refractivity contribution in [3.05, 3.63) is 91.0 Å². The molecule has 0 aliphatic rings. The van der Waals surface area contributed by atoms with Gasteiger partial charge in [0.1, 0.15) is 0 Å². The molecule has 0 unspecified atom stereocenters. The zero-order chi connectivity index (χ0) is 17.9. The number of nitrogens with two attached hydrogens (primary N) is 1. The second kappa shape index (κ2) is 6.72. The van der Waals surface area contributed by atoms with Crippen molar-refractivity contribution in [1.82, 2.24) is 9.55 Å². The molecule has 2 N–H and O–H groups in total. The van der Waals surface area contributed by atoms with Gasteiger partial charge < -0.3 is 10.3 Å². The molecule has 2 heterocycles. The summed E-state index contributed by atoms with van der Waals surface area (Å²) in [7, 11) is 0. The number of nitrogens with zero attached hydrogens (tertiary/aromatic N) is 3. The fraction of sp³-hybridized carbons (Fsp3) is 0.0476. The number of fused-ring (bicyclic) bond motifs is 1. The van der Waals surface area contributed by atoms with Crippen LogP contribution < -0.4 is 10.6 Å². The molecule has 0 saturated carbocycles. The molecule has 128 valence electrons. The topological polar surface area (TPSA) is 64.2 Å². The van der Waals surface area contributed by atoms with Crippen LogP contribution in [0.5, 0.6) is 0 Å². The smallest absolute Gasteiger partial charge is 0.319 e. The van der Waals surface area contributed by atoms with Crippen LogP contribution >= 0.6 is 0 Å². The fourth-order valence-electron chi connectivity index (χ4n) is 3.09. The molecule has 0 aliphatic heterocycles. The molecule has 0 aliphatic carbocycles. The normalized spacial score (nSPS) is 10.8. The van der Waals surface area contributed by atoms with Gasteiger partial charge >= 0.3 is 6.03 Å². The molecule has 2 amide bonds. The minimum absolute atomic E-state index is 0.405. The first kappa shape index (κ1) is 15.9. The average Bonchev–Trinajstić information content (AvgIpc) is 3.21. The van der Waals surface area contributed by atoms with Gasteiger partial charge in [-0.15, -0.1) is 0 Å². The van der Waals surface area contributed by atoms with Crippen molar-refractivity contribution in [3.63, 3.8) is 0 Å². The van der Waals surface area contributed by atoms with Crippen LogP contribution in [0, 0.1) is 0 Å². The monoisotopic (exact) mass is 342 g/mol. The summed E-state index contributed by atoms with van der Waals surface area (Å²) in [5.74, 6) is 0. The molecule has 5 nitrogen and oxygen atoms in total. The molecule has 2 aromatic heterocycles. The third-order valence-corrected chi connectivity index (χ3v) is 4.39. The number of amides is 2. The second-order valence-corrected chi connectivity index (χ2v) is 6.06. The van der Waals surface area contributed by atoms with E-state index in [2.05, 4.69) is 4.98 Å². The third kappa shape index (κ3) is 3.02. The Labute approximate surface area is 151 Å². The van der Waals surface area contributed by atoms with Gasteiger partial charge in [-0.05, 0) is 42.0 Å². The van der Waals surface area contributed by atoms with Gasteiger partial charge in [0.25, 0.3) is 0 Å². The van der Waals surface area contributed by atoms with Crippen LogP contribution in [0.3, 0.4) is 0 Å². The summed E-state index contributed by atoms with van der Waals surface area (Å²) >= 11 is 0. The third-order valence-electron chi connectivity index (χ3n) is 4.39. The van der Waals surface area contributed by atoms with Crippen LogP contribution in [0.4, 0.5) is 10.5 Å². The van der Waals surface area contributed by atoms with Crippen molar-refractivity contribution in [2.45, 2.75) is 6.54 Å². The number of urea groups is 1. The zero-order valence-corrected chi connectivity index (χ0v) is 14.1. The van der Waals surface area contributed by atoms with Crippen molar-refractivity contribution in [3.8, 4) is 5.69 Å². The lowest BCUT2D eigenvalue weighted by molar-refractivity contribution is 0.253.